The lowest BCUT2D eigenvalue weighted by molar-refractivity contribution is -0.119. The number of hydrogen-bond donors (Lipinski definition) is 2. The number of nitriles is 1. The van der Waals surface area contributed by atoms with Crippen LogP contribution in [0.25, 0.3) is 0 Å². The highest BCUT2D eigenvalue weighted by atomic mass is 16.5. The van der Waals surface area contributed by atoms with E-state index in [1.54, 1.807) is 37.6 Å². The van der Waals surface area contributed by atoms with Gasteiger partial charge >= 0.3 is 0 Å². The third kappa shape index (κ3) is 6.19. The Morgan fingerprint density at radius 2 is 2.14 bits per heavy atom. The molecule has 0 atom stereocenters. The predicted molar refractivity (Wildman–Crippen MR) is 108 cm³/mol. The molecule has 1 aromatic carbocycles. The quantitative estimate of drug-likeness (QED) is 0.463. The molecule has 0 aliphatic heterocycles. The molecule has 0 saturated heterocycles. The molecular formula is C20H23N5O4. The van der Waals surface area contributed by atoms with Crippen LogP contribution in [0.4, 0.5) is 5.82 Å². The summed E-state index contributed by atoms with van der Waals surface area (Å²) in [4.78, 5) is 15.2. The van der Waals surface area contributed by atoms with Crippen molar-refractivity contribution in [2.75, 3.05) is 25.7 Å². The summed E-state index contributed by atoms with van der Waals surface area (Å²) >= 11 is 0. The standard InChI is InChI=1S/C20H23N5O4/c1-4-28-18-8-14(5-6-17(18)29-12-19(22)26)10-23-25-20-16(9-21)15(11-27-3)7-13(2)24-20/h5-8,10H,4,11-12H2,1-3H3,(H2,22,26)(H,24,25)/b23-10+. The van der Waals surface area contributed by atoms with E-state index in [4.69, 9.17) is 19.9 Å². The number of amides is 1. The number of aryl methyl sites for hydroxylation is 1. The Kier molecular flexibility index (Phi) is 7.94. The number of rotatable bonds is 10. The van der Waals surface area contributed by atoms with Gasteiger partial charge in [0.1, 0.15) is 11.6 Å². The summed E-state index contributed by atoms with van der Waals surface area (Å²) in [7, 11) is 1.56. The van der Waals surface area contributed by atoms with Gasteiger partial charge in [-0.2, -0.15) is 10.4 Å². The molecule has 152 valence electrons. The zero-order valence-electron chi connectivity index (χ0n) is 16.6. The van der Waals surface area contributed by atoms with E-state index >= 15 is 0 Å². The molecule has 0 radical (unpaired) electrons. The van der Waals surface area contributed by atoms with Crippen molar-refractivity contribution in [1.29, 1.82) is 5.26 Å². The number of carbonyl (C=O) groups is 1. The first-order valence-corrected chi connectivity index (χ1v) is 8.85. The Bertz CT molecular complexity index is 937. The summed E-state index contributed by atoms with van der Waals surface area (Å²) in [5.41, 5.74) is 10.5. The molecule has 1 amide bonds. The van der Waals surface area contributed by atoms with Crippen molar-refractivity contribution in [1.82, 2.24) is 4.98 Å². The second kappa shape index (κ2) is 10.6. The van der Waals surface area contributed by atoms with Crippen molar-refractivity contribution in [2.45, 2.75) is 20.5 Å². The average molecular weight is 397 g/mol. The van der Waals surface area contributed by atoms with E-state index < -0.39 is 5.91 Å². The molecule has 2 rings (SSSR count). The molecule has 3 N–H and O–H groups in total. The van der Waals surface area contributed by atoms with Gasteiger partial charge in [0.25, 0.3) is 5.91 Å². The van der Waals surface area contributed by atoms with Gasteiger partial charge < -0.3 is 19.9 Å². The molecule has 0 aliphatic rings. The van der Waals surface area contributed by atoms with Crippen molar-refractivity contribution in [2.24, 2.45) is 10.8 Å². The highest BCUT2D eigenvalue weighted by Gasteiger charge is 2.11. The van der Waals surface area contributed by atoms with Crippen LogP contribution in [-0.2, 0) is 16.1 Å². The Morgan fingerprint density at radius 1 is 1.34 bits per heavy atom. The average Bonchev–Trinajstić information content (AvgIpc) is 2.67. The Morgan fingerprint density at radius 3 is 2.79 bits per heavy atom. The van der Waals surface area contributed by atoms with Gasteiger partial charge in [0.2, 0.25) is 0 Å². The summed E-state index contributed by atoms with van der Waals surface area (Å²) in [6.45, 7) is 4.15. The molecule has 0 unspecified atom stereocenters. The summed E-state index contributed by atoms with van der Waals surface area (Å²) in [6, 6.07) is 9.06. The summed E-state index contributed by atoms with van der Waals surface area (Å²) in [6.07, 6.45) is 1.56. The minimum atomic E-state index is -0.575. The zero-order valence-corrected chi connectivity index (χ0v) is 16.6. The van der Waals surface area contributed by atoms with E-state index in [0.29, 0.717) is 36.1 Å². The second-order valence-corrected chi connectivity index (χ2v) is 5.96. The van der Waals surface area contributed by atoms with Gasteiger partial charge in [-0.3, -0.25) is 10.2 Å². The van der Waals surface area contributed by atoms with Crippen molar-refractivity contribution in [3.05, 3.63) is 46.6 Å². The van der Waals surface area contributed by atoms with Gasteiger partial charge in [-0.1, -0.05) is 0 Å². The first-order valence-electron chi connectivity index (χ1n) is 8.85. The third-order valence-electron chi connectivity index (χ3n) is 3.66. The van der Waals surface area contributed by atoms with Crippen LogP contribution in [0.1, 0.15) is 29.3 Å². The Balaban J connectivity index is 2.21. The van der Waals surface area contributed by atoms with Crippen molar-refractivity contribution in [3.63, 3.8) is 0 Å². The first kappa shape index (κ1) is 21.7. The van der Waals surface area contributed by atoms with Gasteiger partial charge in [0, 0.05) is 18.4 Å². The molecular weight excluding hydrogens is 374 g/mol. The topological polar surface area (TPSA) is 132 Å². The number of hydrazone groups is 1. The van der Waals surface area contributed by atoms with Gasteiger partial charge in [-0.25, -0.2) is 4.98 Å². The Hall–Kier alpha value is -3.64. The van der Waals surface area contributed by atoms with Crippen LogP contribution >= 0.6 is 0 Å². The number of nitrogens with zero attached hydrogens (tertiary/aromatic N) is 3. The number of nitrogens with one attached hydrogen (secondary N) is 1. The number of carbonyl (C=O) groups excluding carboxylic acids is 1. The molecule has 0 saturated carbocycles. The second-order valence-electron chi connectivity index (χ2n) is 5.96. The number of primary amides is 1. The zero-order chi connectivity index (χ0) is 21.2. The Labute approximate surface area is 169 Å². The summed E-state index contributed by atoms with van der Waals surface area (Å²) < 4.78 is 16.0. The van der Waals surface area contributed by atoms with Gasteiger partial charge in [0.05, 0.1) is 19.4 Å². The number of anilines is 1. The smallest absolute Gasteiger partial charge is 0.255 e. The van der Waals surface area contributed by atoms with Crippen molar-refractivity contribution >= 4 is 17.9 Å². The maximum atomic E-state index is 10.9. The molecule has 0 spiro atoms. The number of benzene rings is 1. The third-order valence-corrected chi connectivity index (χ3v) is 3.66. The van der Waals surface area contributed by atoms with Crippen LogP contribution < -0.4 is 20.6 Å². The maximum absolute atomic E-state index is 10.9. The highest BCUT2D eigenvalue weighted by Crippen LogP contribution is 2.28. The van der Waals surface area contributed by atoms with E-state index in [9.17, 15) is 10.1 Å². The fourth-order valence-electron chi connectivity index (χ4n) is 2.53. The molecule has 29 heavy (non-hydrogen) atoms. The number of hydrogen-bond acceptors (Lipinski definition) is 8. The summed E-state index contributed by atoms with van der Waals surface area (Å²) in [5, 5.41) is 13.6. The van der Waals surface area contributed by atoms with Crippen molar-refractivity contribution < 1.29 is 19.0 Å². The molecule has 9 nitrogen and oxygen atoms in total. The van der Waals surface area contributed by atoms with Crippen LogP contribution in [0.5, 0.6) is 11.5 Å². The molecule has 0 fully saturated rings. The fourth-order valence-corrected chi connectivity index (χ4v) is 2.53. The van der Waals surface area contributed by atoms with Crippen LogP contribution in [0.2, 0.25) is 0 Å². The monoisotopic (exact) mass is 397 g/mol. The van der Waals surface area contributed by atoms with Gasteiger partial charge in [0.15, 0.2) is 23.9 Å². The van der Waals surface area contributed by atoms with E-state index in [2.05, 4.69) is 21.6 Å². The number of nitrogens with two attached hydrogens (primary N) is 1. The van der Waals surface area contributed by atoms with Crippen LogP contribution in [0, 0.1) is 18.3 Å². The number of aromatic nitrogens is 1. The van der Waals surface area contributed by atoms with E-state index in [1.807, 2.05) is 13.8 Å². The minimum Gasteiger partial charge on any atom is -0.490 e. The van der Waals surface area contributed by atoms with Gasteiger partial charge in [-0.15, -0.1) is 0 Å². The fraction of sp³-hybridized carbons (Fsp3) is 0.300. The predicted octanol–water partition coefficient (Wildman–Crippen LogP) is 2.12. The molecule has 0 aliphatic carbocycles. The van der Waals surface area contributed by atoms with Crippen molar-refractivity contribution in [3.8, 4) is 17.6 Å². The van der Waals surface area contributed by atoms with Crippen LogP contribution in [0.15, 0.2) is 29.4 Å². The maximum Gasteiger partial charge on any atom is 0.255 e. The number of pyridine rings is 1. The number of ether oxygens (including phenoxy) is 3. The molecule has 0 bridgehead atoms. The lowest BCUT2D eigenvalue weighted by Crippen LogP contribution is -2.20. The van der Waals surface area contributed by atoms with E-state index in [1.165, 1.54) is 0 Å². The summed E-state index contributed by atoms with van der Waals surface area (Å²) in [5.74, 6) is 0.648. The minimum absolute atomic E-state index is 0.241. The molecule has 1 heterocycles. The normalized spacial score (nSPS) is 10.6. The van der Waals surface area contributed by atoms with Gasteiger partial charge in [-0.05, 0) is 43.7 Å². The highest BCUT2D eigenvalue weighted by molar-refractivity contribution is 5.81. The van der Waals surface area contributed by atoms with Crippen LogP contribution in [0.3, 0.4) is 0 Å². The van der Waals surface area contributed by atoms with E-state index in [-0.39, 0.29) is 6.61 Å². The lowest BCUT2D eigenvalue weighted by atomic mass is 10.1. The molecule has 9 heteroatoms. The molecule has 1 aromatic heterocycles. The SMILES string of the molecule is CCOc1cc(/C=N/Nc2nc(C)cc(COC)c2C#N)ccc1OCC(N)=O. The number of methoxy groups -OCH3 is 1. The lowest BCUT2D eigenvalue weighted by Gasteiger charge is -2.11. The van der Waals surface area contributed by atoms with Crippen LogP contribution in [-0.4, -0.2) is 37.4 Å². The molecule has 2 aromatic rings. The largest absolute Gasteiger partial charge is 0.490 e. The first-order chi connectivity index (χ1) is 14.0. The van der Waals surface area contributed by atoms with E-state index in [0.717, 1.165) is 16.8 Å².